The van der Waals surface area contributed by atoms with E-state index < -0.39 is 0 Å². The number of H-pyrrole nitrogens is 1. The fourth-order valence-electron chi connectivity index (χ4n) is 2.24. The molecule has 1 aromatic rings. The molecule has 0 saturated carbocycles. The van der Waals surface area contributed by atoms with E-state index in [1.54, 1.807) is 0 Å². The van der Waals surface area contributed by atoms with Crippen molar-refractivity contribution in [2.45, 2.75) is 38.6 Å². The molecule has 0 aliphatic carbocycles. The third kappa shape index (κ3) is 3.76. The Morgan fingerprint density at radius 2 is 2.50 bits per heavy atom. The van der Waals surface area contributed by atoms with E-state index in [1.807, 2.05) is 6.92 Å². The number of piperidine rings is 1. The fourth-order valence-corrected chi connectivity index (χ4v) is 2.24. The van der Waals surface area contributed by atoms with Gasteiger partial charge in [-0.2, -0.15) is 5.21 Å². The zero-order valence-corrected chi connectivity index (χ0v) is 10.6. The summed E-state index contributed by atoms with van der Waals surface area (Å²) in [6.45, 7) is 4.00. The number of rotatable bonds is 5. The molecule has 100 valence electrons. The van der Waals surface area contributed by atoms with Gasteiger partial charge in [0.1, 0.15) is 0 Å². The van der Waals surface area contributed by atoms with E-state index >= 15 is 0 Å². The minimum Gasteiger partial charge on any atom is -0.346 e. The highest BCUT2D eigenvalue weighted by Crippen LogP contribution is 2.16. The lowest BCUT2D eigenvalue weighted by Gasteiger charge is -2.22. The van der Waals surface area contributed by atoms with Crippen LogP contribution in [-0.2, 0) is 4.79 Å². The third-order valence-electron chi connectivity index (χ3n) is 3.31. The van der Waals surface area contributed by atoms with Crippen LogP contribution < -0.4 is 10.6 Å². The van der Waals surface area contributed by atoms with Gasteiger partial charge in [0.2, 0.25) is 5.91 Å². The average molecular weight is 252 g/mol. The van der Waals surface area contributed by atoms with E-state index in [0.29, 0.717) is 18.2 Å². The fraction of sp³-hybridized carbons (Fsp3) is 0.818. The predicted molar refractivity (Wildman–Crippen MR) is 65.6 cm³/mol. The highest BCUT2D eigenvalue weighted by molar-refractivity contribution is 5.76. The number of hydrogen-bond acceptors (Lipinski definition) is 5. The first-order valence-electron chi connectivity index (χ1n) is 6.49. The lowest BCUT2D eigenvalue weighted by molar-refractivity contribution is -0.122. The maximum absolute atomic E-state index is 11.8. The molecule has 2 atom stereocenters. The summed E-state index contributed by atoms with van der Waals surface area (Å²) < 4.78 is 0. The van der Waals surface area contributed by atoms with Gasteiger partial charge in [-0.15, -0.1) is 10.2 Å². The number of carbonyl (C=O) groups is 1. The van der Waals surface area contributed by atoms with Crippen molar-refractivity contribution >= 4 is 5.91 Å². The Morgan fingerprint density at radius 1 is 1.61 bits per heavy atom. The molecule has 1 aromatic heterocycles. The normalized spacial score (nSPS) is 21.5. The van der Waals surface area contributed by atoms with Crippen molar-refractivity contribution in [1.29, 1.82) is 0 Å². The number of aromatic nitrogens is 4. The molecule has 0 radical (unpaired) electrons. The number of tetrazole rings is 1. The Hall–Kier alpha value is -1.50. The summed E-state index contributed by atoms with van der Waals surface area (Å²) in [5.41, 5.74) is 0. The molecule has 1 aliphatic heterocycles. The van der Waals surface area contributed by atoms with Gasteiger partial charge in [-0.25, -0.2) is 0 Å². The molecule has 0 spiro atoms. The van der Waals surface area contributed by atoms with Gasteiger partial charge in [-0.3, -0.25) is 4.79 Å². The van der Waals surface area contributed by atoms with Crippen LogP contribution in [-0.4, -0.2) is 39.6 Å². The monoisotopic (exact) mass is 252 g/mol. The van der Waals surface area contributed by atoms with Crippen molar-refractivity contribution in [2.24, 2.45) is 5.92 Å². The Labute approximate surface area is 106 Å². The molecule has 7 heteroatoms. The SMILES string of the molecule is CC(NC(=O)CCC1CCCNC1)c1nn[nH]n1. The van der Waals surface area contributed by atoms with E-state index in [1.165, 1.54) is 12.8 Å². The van der Waals surface area contributed by atoms with Crippen LogP contribution in [0.15, 0.2) is 0 Å². The predicted octanol–water partition coefficient (Wildman–Crippen LogP) is 0.157. The van der Waals surface area contributed by atoms with Gasteiger partial charge in [-0.05, 0) is 45.2 Å². The molecule has 0 bridgehead atoms. The molecule has 18 heavy (non-hydrogen) atoms. The Balaban J connectivity index is 1.68. The van der Waals surface area contributed by atoms with E-state index in [-0.39, 0.29) is 11.9 Å². The first-order valence-corrected chi connectivity index (χ1v) is 6.49. The molecular formula is C11H20N6O. The first kappa shape index (κ1) is 12.9. The van der Waals surface area contributed by atoms with Gasteiger partial charge in [0.25, 0.3) is 0 Å². The average Bonchev–Trinajstić information content (AvgIpc) is 2.91. The molecule has 0 aromatic carbocycles. The van der Waals surface area contributed by atoms with Crippen molar-refractivity contribution in [3.63, 3.8) is 0 Å². The topological polar surface area (TPSA) is 95.6 Å². The minimum absolute atomic E-state index is 0.0536. The van der Waals surface area contributed by atoms with Crippen molar-refractivity contribution in [1.82, 2.24) is 31.3 Å². The molecule has 2 rings (SSSR count). The van der Waals surface area contributed by atoms with E-state index in [9.17, 15) is 4.79 Å². The molecule has 1 saturated heterocycles. The summed E-state index contributed by atoms with van der Waals surface area (Å²) >= 11 is 0. The van der Waals surface area contributed by atoms with Gasteiger partial charge in [0.15, 0.2) is 5.82 Å². The van der Waals surface area contributed by atoms with E-state index in [2.05, 4.69) is 31.3 Å². The van der Waals surface area contributed by atoms with Crippen LogP contribution in [0.4, 0.5) is 0 Å². The second-order valence-electron chi connectivity index (χ2n) is 4.81. The number of carbonyl (C=O) groups excluding carboxylic acids is 1. The van der Waals surface area contributed by atoms with E-state index in [0.717, 1.165) is 19.5 Å². The highest BCUT2D eigenvalue weighted by Gasteiger charge is 2.17. The van der Waals surface area contributed by atoms with Gasteiger partial charge in [0.05, 0.1) is 6.04 Å². The summed E-state index contributed by atoms with van der Waals surface area (Å²) in [5.74, 6) is 1.20. The number of nitrogens with one attached hydrogen (secondary N) is 3. The second-order valence-corrected chi connectivity index (χ2v) is 4.81. The first-order chi connectivity index (χ1) is 8.75. The van der Waals surface area contributed by atoms with Crippen LogP contribution in [0.1, 0.15) is 44.5 Å². The Kier molecular flexibility index (Phi) is 4.63. The standard InChI is InChI=1S/C11H20N6O/c1-8(11-14-16-17-15-11)13-10(18)5-4-9-3-2-6-12-7-9/h8-9,12H,2-7H2,1H3,(H,13,18)(H,14,15,16,17). The molecule has 1 amide bonds. The van der Waals surface area contributed by atoms with Crippen LogP contribution in [0.2, 0.25) is 0 Å². The van der Waals surface area contributed by atoms with Crippen molar-refractivity contribution in [3.8, 4) is 0 Å². The molecule has 3 N–H and O–H groups in total. The summed E-state index contributed by atoms with van der Waals surface area (Å²) in [6.07, 6.45) is 3.94. The summed E-state index contributed by atoms with van der Waals surface area (Å²) in [6, 6.07) is -0.194. The Bertz CT molecular complexity index is 360. The summed E-state index contributed by atoms with van der Waals surface area (Å²) in [5, 5.41) is 19.8. The maximum Gasteiger partial charge on any atom is 0.220 e. The summed E-state index contributed by atoms with van der Waals surface area (Å²) in [4.78, 5) is 11.8. The molecule has 1 fully saturated rings. The van der Waals surface area contributed by atoms with Crippen LogP contribution >= 0.6 is 0 Å². The Morgan fingerprint density at radius 3 is 3.17 bits per heavy atom. The van der Waals surface area contributed by atoms with Crippen LogP contribution in [0.25, 0.3) is 0 Å². The lowest BCUT2D eigenvalue weighted by atomic mass is 9.94. The zero-order valence-electron chi connectivity index (χ0n) is 10.6. The number of amides is 1. The van der Waals surface area contributed by atoms with Gasteiger partial charge in [-0.1, -0.05) is 5.21 Å². The number of aromatic amines is 1. The molecule has 2 unspecified atom stereocenters. The van der Waals surface area contributed by atoms with Gasteiger partial charge in [0, 0.05) is 6.42 Å². The molecule has 2 heterocycles. The third-order valence-corrected chi connectivity index (χ3v) is 3.31. The smallest absolute Gasteiger partial charge is 0.220 e. The molecule has 7 nitrogen and oxygen atoms in total. The van der Waals surface area contributed by atoms with Gasteiger partial charge >= 0.3 is 0 Å². The molecular weight excluding hydrogens is 232 g/mol. The maximum atomic E-state index is 11.8. The minimum atomic E-state index is -0.194. The quantitative estimate of drug-likeness (QED) is 0.693. The van der Waals surface area contributed by atoms with Crippen LogP contribution in [0.5, 0.6) is 0 Å². The zero-order chi connectivity index (χ0) is 12.8. The largest absolute Gasteiger partial charge is 0.346 e. The van der Waals surface area contributed by atoms with E-state index in [4.69, 9.17) is 0 Å². The van der Waals surface area contributed by atoms with Gasteiger partial charge < -0.3 is 10.6 Å². The van der Waals surface area contributed by atoms with Crippen LogP contribution in [0, 0.1) is 5.92 Å². The number of nitrogens with zero attached hydrogens (tertiary/aromatic N) is 3. The van der Waals surface area contributed by atoms with Crippen molar-refractivity contribution < 1.29 is 4.79 Å². The molecule has 1 aliphatic rings. The van der Waals surface area contributed by atoms with Crippen molar-refractivity contribution in [3.05, 3.63) is 5.82 Å². The van der Waals surface area contributed by atoms with Crippen molar-refractivity contribution in [2.75, 3.05) is 13.1 Å². The highest BCUT2D eigenvalue weighted by atomic mass is 16.1. The second kappa shape index (κ2) is 6.44. The summed E-state index contributed by atoms with van der Waals surface area (Å²) in [7, 11) is 0. The number of hydrogen-bond donors (Lipinski definition) is 3. The lowest BCUT2D eigenvalue weighted by Crippen LogP contribution is -2.32. The van der Waals surface area contributed by atoms with Crippen LogP contribution in [0.3, 0.4) is 0 Å².